The summed E-state index contributed by atoms with van der Waals surface area (Å²) in [7, 11) is 0. The summed E-state index contributed by atoms with van der Waals surface area (Å²) in [4.78, 5) is 6.83. The van der Waals surface area contributed by atoms with Crippen LogP contribution in [-0.2, 0) is 11.0 Å². The Hall–Kier alpha value is -1.51. The first-order chi connectivity index (χ1) is 9.32. The van der Waals surface area contributed by atoms with Crippen molar-refractivity contribution >= 4 is 5.96 Å². The molecule has 0 aromatic heterocycles. The molecule has 1 aromatic carbocycles. The maximum absolute atomic E-state index is 6.11. The van der Waals surface area contributed by atoms with Gasteiger partial charge >= 0.3 is 0 Å². The van der Waals surface area contributed by atoms with E-state index in [2.05, 4.69) is 61.9 Å². The van der Waals surface area contributed by atoms with Gasteiger partial charge in [0.2, 0.25) is 0 Å². The Morgan fingerprint density at radius 2 is 1.80 bits per heavy atom. The van der Waals surface area contributed by atoms with Crippen molar-refractivity contribution in [1.82, 2.24) is 4.90 Å². The number of guanidine groups is 1. The van der Waals surface area contributed by atoms with E-state index in [0.717, 1.165) is 12.5 Å². The van der Waals surface area contributed by atoms with E-state index < -0.39 is 0 Å². The highest BCUT2D eigenvalue weighted by molar-refractivity contribution is 5.82. The first-order valence-corrected chi connectivity index (χ1v) is 7.53. The molecule has 108 valence electrons. The highest BCUT2D eigenvalue weighted by Gasteiger charge is 2.46. The van der Waals surface area contributed by atoms with E-state index in [-0.39, 0.29) is 11.0 Å². The number of benzene rings is 1. The minimum Gasteiger partial charge on any atom is -0.370 e. The normalized spacial score (nSPS) is 26.8. The quantitative estimate of drug-likeness (QED) is 0.898. The van der Waals surface area contributed by atoms with E-state index in [1.807, 2.05) is 0 Å². The van der Waals surface area contributed by atoms with Crippen molar-refractivity contribution in [2.75, 3.05) is 6.54 Å². The Morgan fingerprint density at radius 3 is 2.30 bits per heavy atom. The third-order valence-corrected chi connectivity index (χ3v) is 4.61. The third kappa shape index (κ3) is 2.09. The van der Waals surface area contributed by atoms with Gasteiger partial charge in [-0.1, -0.05) is 45.0 Å². The second-order valence-corrected chi connectivity index (χ2v) is 7.38. The van der Waals surface area contributed by atoms with E-state index in [4.69, 9.17) is 5.73 Å². The predicted octanol–water partition coefficient (Wildman–Crippen LogP) is 2.99. The van der Waals surface area contributed by atoms with E-state index in [1.54, 1.807) is 0 Å². The van der Waals surface area contributed by atoms with Crippen LogP contribution < -0.4 is 5.73 Å². The van der Waals surface area contributed by atoms with Crippen LogP contribution in [0.2, 0.25) is 0 Å². The Morgan fingerprint density at radius 1 is 1.20 bits per heavy atom. The second-order valence-electron chi connectivity index (χ2n) is 7.38. The average Bonchev–Trinajstić information content (AvgIpc) is 3.16. The summed E-state index contributed by atoms with van der Waals surface area (Å²) in [5.41, 5.74) is 8.93. The maximum Gasteiger partial charge on any atom is 0.192 e. The minimum atomic E-state index is -0.0678. The van der Waals surface area contributed by atoms with Crippen LogP contribution in [0.4, 0.5) is 0 Å². The molecule has 0 bridgehead atoms. The summed E-state index contributed by atoms with van der Waals surface area (Å²) in [5, 5.41) is 0. The van der Waals surface area contributed by atoms with Gasteiger partial charge in [-0.3, -0.25) is 4.99 Å². The molecule has 1 aliphatic carbocycles. The summed E-state index contributed by atoms with van der Waals surface area (Å²) < 4.78 is 0. The lowest BCUT2D eigenvalue weighted by Gasteiger charge is -2.37. The van der Waals surface area contributed by atoms with Crippen molar-refractivity contribution in [3.63, 3.8) is 0 Å². The second kappa shape index (κ2) is 4.24. The van der Waals surface area contributed by atoms with Crippen LogP contribution in [0.3, 0.4) is 0 Å². The lowest BCUT2D eigenvalue weighted by Crippen LogP contribution is -2.48. The SMILES string of the molecule is CC(C)(C)c1ccc(C2(C)CN=C(N)N2C2CC2)cc1. The molecule has 0 amide bonds. The van der Waals surface area contributed by atoms with Gasteiger partial charge < -0.3 is 10.6 Å². The van der Waals surface area contributed by atoms with E-state index in [1.165, 1.54) is 24.0 Å². The van der Waals surface area contributed by atoms with Gasteiger partial charge in [0.05, 0.1) is 12.1 Å². The van der Waals surface area contributed by atoms with Crippen molar-refractivity contribution in [2.24, 2.45) is 10.7 Å². The van der Waals surface area contributed by atoms with Crippen LogP contribution >= 0.6 is 0 Å². The van der Waals surface area contributed by atoms with E-state index in [9.17, 15) is 0 Å². The van der Waals surface area contributed by atoms with Crippen molar-refractivity contribution in [3.05, 3.63) is 35.4 Å². The third-order valence-electron chi connectivity index (χ3n) is 4.61. The molecule has 3 nitrogen and oxygen atoms in total. The monoisotopic (exact) mass is 271 g/mol. The number of nitrogens with two attached hydrogens (primary N) is 1. The molecule has 3 rings (SSSR count). The summed E-state index contributed by atoms with van der Waals surface area (Å²) in [6.07, 6.45) is 2.48. The number of hydrogen-bond donors (Lipinski definition) is 1. The first-order valence-electron chi connectivity index (χ1n) is 7.53. The zero-order valence-corrected chi connectivity index (χ0v) is 13.0. The predicted molar refractivity (Wildman–Crippen MR) is 83.8 cm³/mol. The number of aliphatic imine (C=N–C) groups is 1. The van der Waals surface area contributed by atoms with Crippen LogP contribution in [0, 0.1) is 0 Å². The molecule has 1 saturated carbocycles. The van der Waals surface area contributed by atoms with Gasteiger partial charge in [-0.05, 0) is 36.3 Å². The molecule has 1 fully saturated rings. The highest BCUT2D eigenvalue weighted by atomic mass is 15.4. The zero-order valence-electron chi connectivity index (χ0n) is 13.0. The first kappa shape index (κ1) is 13.5. The Kier molecular flexibility index (Phi) is 2.86. The van der Waals surface area contributed by atoms with Gasteiger partial charge in [0, 0.05) is 6.04 Å². The molecule has 1 heterocycles. The van der Waals surface area contributed by atoms with E-state index in [0.29, 0.717) is 6.04 Å². The topological polar surface area (TPSA) is 41.6 Å². The van der Waals surface area contributed by atoms with Gasteiger partial charge in [-0.2, -0.15) is 0 Å². The maximum atomic E-state index is 6.11. The zero-order chi connectivity index (χ0) is 14.5. The van der Waals surface area contributed by atoms with Crippen molar-refractivity contribution < 1.29 is 0 Å². The summed E-state index contributed by atoms with van der Waals surface area (Å²) in [6.45, 7) is 9.77. The average molecular weight is 271 g/mol. The fourth-order valence-electron chi connectivity index (χ4n) is 3.12. The molecule has 1 aromatic rings. The van der Waals surface area contributed by atoms with Crippen molar-refractivity contribution in [2.45, 2.75) is 57.5 Å². The molecule has 0 saturated heterocycles. The summed E-state index contributed by atoms with van der Waals surface area (Å²) in [6, 6.07) is 9.60. The lowest BCUT2D eigenvalue weighted by atomic mass is 9.84. The van der Waals surface area contributed by atoms with E-state index >= 15 is 0 Å². The smallest absolute Gasteiger partial charge is 0.192 e. The molecule has 1 atom stereocenters. The van der Waals surface area contributed by atoms with Gasteiger partial charge in [0.15, 0.2) is 5.96 Å². The molecule has 1 unspecified atom stereocenters. The lowest BCUT2D eigenvalue weighted by molar-refractivity contribution is 0.216. The van der Waals surface area contributed by atoms with Crippen LogP contribution in [0.5, 0.6) is 0 Å². The number of rotatable bonds is 2. The fraction of sp³-hybridized carbons (Fsp3) is 0.588. The molecule has 20 heavy (non-hydrogen) atoms. The summed E-state index contributed by atoms with van der Waals surface area (Å²) >= 11 is 0. The molecule has 3 heteroatoms. The fourth-order valence-corrected chi connectivity index (χ4v) is 3.12. The Labute approximate surface area is 121 Å². The minimum absolute atomic E-state index is 0.0678. The number of hydrogen-bond acceptors (Lipinski definition) is 3. The van der Waals surface area contributed by atoms with Gasteiger partial charge in [0.1, 0.15) is 0 Å². The molecule has 2 N–H and O–H groups in total. The number of nitrogens with zero attached hydrogens (tertiary/aromatic N) is 2. The molecular formula is C17H25N3. The van der Waals surface area contributed by atoms with Gasteiger partial charge in [-0.25, -0.2) is 0 Å². The van der Waals surface area contributed by atoms with Gasteiger partial charge in [-0.15, -0.1) is 0 Å². The molecule has 0 radical (unpaired) electrons. The molecule has 1 aliphatic heterocycles. The van der Waals surface area contributed by atoms with Crippen molar-refractivity contribution in [3.8, 4) is 0 Å². The molecule has 0 spiro atoms. The van der Waals surface area contributed by atoms with Crippen LogP contribution in [-0.4, -0.2) is 23.4 Å². The molecular weight excluding hydrogens is 246 g/mol. The van der Waals surface area contributed by atoms with Gasteiger partial charge in [0.25, 0.3) is 0 Å². The standard InChI is InChI=1S/C17H25N3/c1-16(2,3)12-5-7-13(8-6-12)17(4)11-19-15(18)20(17)14-9-10-14/h5-8,14H,9-11H2,1-4H3,(H2,18,19). The highest BCUT2D eigenvalue weighted by Crippen LogP contribution is 2.41. The largest absolute Gasteiger partial charge is 0.370 e. The van der Waals surface area contributed by atoms with Crippen molar-refractivity contribution in [1.29, 1.82) is 0 Å². The Balaban J connectivity index is 1.92. The Bertz CT molecular complexity index is 534. The molecule has 2 aliphatic rings. The van der Waals surface area contributed by atoms with Crippen LogP contribution in [0.15, 0.2) is 29.3 Å². The van der Waals surface area contributed by atoms with Crippen LogP contribution in [0.25, 0.3) is 0 Å². The van der Waals surface area contributed by atoms with Crippen LogP contribution in [0.1, 0.15) is 51.7 Å². The summed E-state index contributed by atoms with van der Waals surface area (Å²) in [5.74, 6) is 0.717.